The average molecular weight is 1820 g/mol. The number of nitrogens with zero attached hydrogens (tertiary/aromatic N) is 15. The molecule has 0 radical (unpaired) electrons. The van der Waals surface area contributed by atoms with Crippen molar-refractivity contribution in [2.24, 2.45) is 14.1 Å². The van der Waals surface area contributed by atoms with Crippen LogP contribution in [0, 0.1) is 23.3 Å². The second kappa shape index (κ2) is 37.9. The van der Waals surface area contributed by atoms with E-state index in [2.05, 4.69) is 101 Å². The van der Waals surface area contributed by atoms with Gasteiger partial charge in [0.05, 0.1) is 69.5 Å². The standard InChI is InChI=1S/C24H18FNO.C22H18FN5O.C22H18N4O.C21H15FN4O.C21H17FN2OS/c25-23-13-19(18-9-8-16-5-3-6-17(16)12-18)10-11-21(23)15-26-14-20-4-1-2-7-22(20)24(26)27;1-27-11-15-9-16(6-7-20(15)26-27)25-17-5-4-14(19(23)10-17)12-28-13-21-18(22(28)29)3-2-8-24-21;1-25-13-18-11-17(8-9-20(18)24-25)16-6-4-15(5-7-16)12-26-14-21-19(22(26)27)3-2-10-23-21;22-18-10-14(15-5-6-20-24-8-9-25(20)11-15)3-4-16(18)12-26-13-19-17(21(26)27)2-1-7-23-19;1-26-20-9-8-15(11-23-20)14-6-7-17(19(22)10-14)13-24-12-16-4-2-3-5-18(16)21(24)25/h1-5,7-13H,6,14-15H2;2-11,25H,12-13H2,1H3;2-11,13H,12,14H2,1H3;1-11H,12-13H2;2-11H,12-13H2,1H3. The van der Waals surface area contributed by atoms with E-state index in [1.54, 1.807) is 122 Å². The van der Waals surface area contributed by atoms with Gasteiger partial charge in [-0.15, -0.1) is 11.8 Å². The number of rotatable bonds is 17. The molecule has 1 aliphatic carbocycles. The van der Waals surface area contributed by atoms with Crippen LogP contribution in [-0.4, -0.2) is 109 Å². The van der Waals surface area contributed by atoms with E-state index in [9.17, 15) is 41.5 Å². The lowest BCUT2D eigenvalue weighted by Crippen LogP contribution is -2.23. The number of imidazole rings is 1. The quantitative estimate of drug-likeness (QED) is 0.0662. The highest BCUT2D eigenvalue weighted by Crippen LogP contribution is 2.36. The van der Waals surface area contributed by atoms with Gasteiger partial charge in [-0.2, -0.15) is 10.2 Å². The number of nitrogens with one attached hydrogen (secondary N) is 1. The van der Waals surface area contributed by atoms with Crippen LogP contribution in [0.5, 0.6) is 0 Å². The van der Waals surface area contributed by atoms with Crippen molar-refractivity contribution in [3.05, 3.63) is 441 Å². The van der Waals surface area contributed by atoms with Crippen LogP contribution in [0.3, 0.4) is 0 Å². The number of carbonyl (C=O) groups is 5. The van der Waals surface area contributed by atoms with E-state index >= 15 is 0 Å². The molecule has 18 aromatic rings. The molecule has 0 saturated heterocycles. The van der Waals surface area contributed by atoms with Crippen LogP contribution in [0.15, 0.2) is 328 Å². The number of fused-ring (bicyclic) bond motifs is 9. The number of thioether (sulfide) groups is 1. The van der Waals surface area contributed by atoms with Crippen molar-refractivity contribution in [1.82, 2.24) is 73.4 Å². The van der Waals surface area contributed by atoms with Crippen LogP contribution < -0.4 is 5.32 Å². The van der Waals surface area contributed by atoms with E-state index < -0.39 is 0 Å². The summed E-state index contributed by atoms with van der Waals surface area (Å²) in [5.41, 5.74) is 25.1. The van der Waals surface area contributed by atoms with E-state index in [1.807, 2.05) is 199 Å². The molecule has 136 heavy (non-hydrogen) atoms. The summed E-state index contributed by atoms with van der Waals surface area (Å²) in [5, 5.41) is 15.1. The lowest BCUT2D eigenvalue weighted by atomic mass is 9.99. The van der Waals surface area contributed by atoms with Crippen LogP contribution in [0.1, 0.15) is 119 Å². The van der Waals surface area contributed by atoms with E-state index in [0.29, 0.717) is 83.9 Å². The molecule has 1 N–H and O–H groups in total. The summed E-state index contributed by atoms with van der Waals surface area (Å²) in [5.74, 6) is -1.48. The van der Waals surface area contributed by atoms with Crippen molar-refractivity contribution in [2.75, 3.05) is 11.6 Å². The first kappa shape index (κ1) is 87.4. The molecule has 0 atom stereocenters. The first-order chi connectivity index (χ1) is 66.3. The van der Waals surface area contributed by atoms with Gasteiger partial charge in [0.15, 0.2) is 0 Å². The number of amides is 5. The summed E-state index contributed by atoms with van der Waals surface area (Å²) in [6, 6.07) is 80.8. The van der Waals surface area contributed by atoms with Gasteiger partial charge in [-0.05, 0) is 207 Å². The Bertz CT molecular complexity index is 7770. The molecule has 0 unspecified atom stereocenters. The van der Waals surface area contributed by atoms with Gasteiger partial charge in [0.25, 0.3) is 29.5 Å². The second-order valence-electron chi connectivity index (χ2n) is 34.0. The monoisotopic (exact) mass is 1820 g/mol. The first-order valence-corrected chi connectivity index (χ1v) is 45.5. The van der Waals surface area contributed by atoms with Gasteiger partial charge in [-0.3, -0.25) is 48.3 Å². The second-order valence-corrected chi connectivity index (χ2v) is 34.9. The third-order valence-electron chi connectivity index (χ3n) is 25.0. The fraction of sp³-hybridized carbons (Fsp3) is 0.127. The highest BCUT2D eigenvalue weighted by molar-refractivity contribution is 7.98. The number of hydrogen-bond acceptors (Lipinski definition) is 14. The number of carbonyl (C=O) groups excluding carboxylic acids is 5. The molecular formula is C110H86F4N16O5S. The molecule has 21 nitrogen and oxygen atoms in total. The Balaban J connectivity index is 0.000000105. The SMILES string of the molecule is CSc1ccc(-c2ccc(CN3Cc4ccccc4C3=O)c(F)c2)cn1.Cn1cc2cc(-c3ccc(CN4Cc5ncccc5C4=O)cc3)ccc2n1.Cn1cc2cc(Nc3ccc(CN4Cc5ncccc5C4=O)c(F)c3)ccc2n1.O=C1c2ccccc2CN1Cc1ccc(-c2ccc3c(c2)CC=C3)cc1F.O=C1c2cccnc2CN1Cc1ccc(-c2ccc3nccn3c2)cc1F. The first-order valence-electron chi connectivity index (χ1n) is 44.3. The molecule has 0 saturated carbocycles. The molecule has 6 aliphatic rings. The predicted octanol–water partition coefficient (Wildman–Crippen LogP) is 21.5. The molecule has 26 heteroatoms. The molecule has 0 bridgehead atoms. The van der Waals surface area contributed by atoms with Crippen molar-refractivity contribution in [2.45, 2.75) is 76.9 Å². The summed E-state index contributed by atoms with van der Waals surface area (Å²) in [4.78, 5) is 92.2. The Morgan fingerprint density at radius 2 is 0.779 bits per heavy atom. The largest absolute Gasteiger partial charge is 0.355 e. The molecule has 5 aliphatic heterocycles. The van der Waals surface area contributed by atoms with Crippen molar-refractivity contribution in [1.29, 1.82) is 0 Å². The highest BCUT2D eigenvalue weighted by Gasteiger charge is 2.34. The van der Waals surface area contributed by atoms with Gasteiger partial charge in [-0.25, -0.2) is 27.5 Å². The topological polar surface area (TPSA) is 218 Å². The van der Waals surface area contributed by atoms with Crippen LogP contribution >= 0.6 is 11.8 Å². The number of aromatic nitrogens is 10. The van der Waals surface area contributed by atoms with Gasteiger partial charge in [-0.1, -0.05) is 146 Å². The van der Waals surface area contributed by atoms with E-state index in [1.165, 1.54) is 29.3 Å². The lowest BCUT2D eigenvalue weighted by molar-refractivity contribution is 0.0757. The minimum atomic E-state index is -0.353. The molecule has 10 aromatic carbocycles. The highest BCUT2D eigenvalue weighted by atomic mass is 32.2. The number of aryl methyl sites for hydroxylation is 2. The van der Waals surface area contributed by atoms with Crippen LogP contribution in [-0.2, 0) is 86.0 Å². The summed E-state index contributed by atoms with van der Waals surface area (Å²) >= 11 is 1.57. The van der Waals surface area contributed by atoms with Crippen LogP contribution in [0.4, 0.5) is 28.9 Å². The van der Waals surface area contributed by atoms with Crippen LogP contribution in [0.25, 0.3) is 78.0 Å². The lowest BCUT2D eigenvalue weighted by Gasteiger charge is -2.17. The maximum atomic E-state index is 14.8. The van der Waals surface area contributed by atoms with Crippen molar-refractivity contribution < 1.29 is 41.5 Å². The number of anilines is 2. The Hall–Kier alpha value is -16.6. The maximum absolute atomic E-state index is 14.8. The molecular weight excluding hydrogens is 1730 g/mol. The predicted molar refractivity (Wildman–Crippen MR) is 517 cm³/mol. The van der Waals surface area contributed by atoms with Gasteiger partial charge < -0.3 is 34.2 Å². The summed E-state index contributed by atoms with van der Waals surface area (Å²) in [6.07, 6.45) is 23.4. The molecule has 0 fully saturated rings. The van der Waals surface area contributed by atoms with E-state index in [0.717, 1.165) is 134 Å². The van der Waals surface area contributed by atoms with Crippen molar-refractivity contribution >= 4 is 86.2 Å². The molecule has 5 amide bonds. The summed E-state index contributed by atoms with van der Waals surface area (Å²) in [6.45, 7) is 4.03. The van der Waals surface area contributed by atoms with E-state index in [-0.39, 0.29) is 79.0 Å². The number of benzene rings is 10. The van der Waals surface area contributed by atoms with E-state index in [4.69, 9.17) is 0 Å². The zero-order valence-corrected chi connectivity index (χ0v) is 74.9. The molecule has 13 heterocycles. The summed E-state index contributed by atoms with van der Waals surface area (Å²) in [7, 11) is 3.81. The summed E-state index contributed by atoms with van der Waals surface area (Å²) < 4.78 is 64.3. The van der Waals surface area contributed by atoms with Gasteiger partial charge >= 0.3 is 0 Å². The number of hydrogen-bond donors (Lipinski definition) is 1. The zero-order valence-electron chi connectivity index (χ0n) is 74.1. The van der Waals surface area contributed by atoms with Gasteiger partial charge in [0.1, 0.15) is 28.9 Å². The zero-order chi connectivity index (χ0) is 93.2. The Morgan fingerprint density at radius 3 is 1.30 bits per heavy atom. The molecule has 670 valence electrons. The van der Waals surface area contributed by atoms with Crippen molar-refractivity contribution in [3.8, 4) is 44.5 Å². The fourth-order valence-electron chi connectivity index (χ4n) is 17.9. The smallest absolute Gasteiger partial charge is 0.256 e. The van der Waals surface area contributed by atoms with Crippen molar-refractivity contribution in [3.63, 3.8) is 0 Å². The third-order valence-corrected chi connectivity index (χ3v) is 25.7. The Labute approximate surface area is 784 Å². The normalized spacial score (nSPS) is 13.5. The molecule has 0 spiro atoms. The third kappa shape index (κ3) is 18.6. The minimum Gasteiger partial charge on any atom is -0.355 e. The maximum Gasteiger partial charge on any atom is 0.256 e. The Morgan fingerprint density at radius 1 is 0.353 bits per heavy atom. The van der Waals surface area contributed by atoms with Crippen LogP contribution in [0.2, 0.25) is 0 Å². The number of allylic oxidation sites excluding steroid dienone is 1. The number of pyridine rings is 5. The fourth-order valence-corrected chi connectivity index (χ4v) is 18.3. The Kier molecular flexibility index (Phi) is 24.4. The van der Waals surface area contributed by atoms with Gasteiger partial charge in [0.2, 0.25) is 0 Å². The van der Waals surface area contributed by atoms with Gasteiger partial charge in [0, 0.05) is 177 Å². The molecule has 8 aromatic heterocycles. The number of halogens is 4. The molecule has 24 rings (SSSR count). The average Bonchev–Trinajstić information content (AvgIpc) is 1.68. The minimum absolute atomic E-state index is 0.0276.